The van der Waals surface area contributed by atoms with E-state index in [0.717, 1.165) is 0 Å². The van der Waals surface area contributed by atoms with Crippen molar-refractivity contribution in [1.82, 2.24) is 5.43 Å². The number of rotatable bonds is 6. The Balaban J connectivity index is 1.64. The molecule has 1 amide bonds. The third-order valence-corrected chi connectivity index (χ3v) is 4.23. The van der Waals surface area contributed by atoms with Gasteiger partial charge in [0.15, 0.2) is 0 Å². The highest BCUT2D eigenvalue weighted by atomic mass is 19.1. The van der Waals surface area contributed by atoms with E-state index < -0.39 is 4.92 Å². The summed E-state index contributed by atoms with van der Waals surface area (Å²) in [5, 5.41) is 15.3. The lowest BCUT2D eigenvalue weighted by Crippen LogP contribution is -2.36. The fourth-order valence-electron chi connectivity index (χ4n) is 2.84. The summed E-state index contributed by atoms with van der Waals surface area (Å²) in [7, 11) is 0. The Bertz CT molecular complexity index is 880. The summed E-state index contributed by atoms with van der Waals surface area (Å²) in [5.74, 6) is -0.744. The molecule has 1 aliphatic rings. The molecule has 3 rings (SSSR count). The lowest BCUT2D eigenvalue weighted by molar-refractivity contribution is -0.384. The van der Waals surface area contributed by atoms with Crippen molar-refractivity contribution >= 4 is 23.5 Å². The van der Waals surface area contributed by atoms with E-state index in [9.17, 15) is 19.3 Å². The highest BCUT2D eigenvalue weighted by Gasteiger charge is 2.21. The first-order chi connectivity index (χ1) is 13.5. The van der Waals surface area contributed by atoms with E-state index in [1.165, 1.54) is 36.5 Å². The predicted molar refractivity (Wildman–Crippen MR) is 102 cm³/mol. The van der Waals surface area contributed by atoms with E-state index in [4.69, 9.17) is 4.74 Å². The minimum Gasteiger partial charge on any atom is -0.378 e. The van der Waals surface area contributed by atoms with Crippen molar-refractivity contribution < 1.29 is 18.8 Å². The molecule has 9 heteroatoms. The molecule has 2 aromatic rings. The maximum absolute atomic E-state index is 12.9. The molecule has 0 aromatic heterocycles. The fraction of sp³-hybridized carbons (Fsp3) is 0.263. The van der Waals surface area contributed by atoms with Gasteiger partial charge in [0.05, 0.1) is 30.8 Å². The first-order valence-electron chi connectivity index (χ1n) is 8.70. The van der Waals surface area contributed by atoms with Gasteiger partial charge in [0, 0.05) is 24.7 Å². The van der Waals surface area contributed by atoms with Gasteiger partial charge in [-0.05, 0) is 23.8 Å². The van der Waals surface area contributed by atoms with E-state index in [0.29, 0.717) is 43.1 Å². The molecule has 1 fully saturated rings. The van der Waals surface area contributed by atoms with Gasteiger partial charge in [0.1, 0.15) is 11.5 Å². The first kappa shape index (κ1) is 19.4. The Morgan fingerprint density at radius 3 is 2.64 bits per heavy atom. The Morgan fingerprint density at radius 1 is 1.25 bits per heavy atom. The van der Waals surface area contributed by atoms with E-state index >= 15 is 0 Å². The first-order valence-corrected chi connectivity index (χ1v) is 8.70. The summed E-state index contributed by atoms with van der Waals surface area (Å²) < 4.78 is 18.1. The number of hydrogen-bond donors (Lipinski definition) is 1. The van der Waals surface area contributed by atoms with Gasteiger partial charge in [0.25, 0.3) is 5.69 Å². The Labute approximate surface area is 160 Å². The molecule has 0 spiro atoms. The number of nitrogens with one attached hydrogen (secondary N) is 1. The zero-order valence-electron chi connectivity index (χ0n) is 15.0. The van der Waals surface area contributed by atoms with Crippen molar-refractivity contribution in [2.24, 2.45) is 5.10 Å². The van der Waals surface area contributed by atoms with Crippen molar-refractivity contribution in [2.75, 3.05) is 31.2 Å². The molecule has 2 aromatic carbocycles. The largest absolute Gasteiger partial charge is 0.378 e. The van der Waals surface area contributed by atoms with Gasteiger partial charge < -0.3 is 9.64 Å². The quantitative estimate of drug-likeness (QED) is 0.467. The van der Waals surface area contributed by atoms with Gasteiger partial charge in [-0.2, -0.15) is 5.10 Å². The van der Waals surface area contributed by atoms with Crippen LogP contribution in [0.3, 0.4) is 0 Å². The normalized spacial score (nSPS) is 14.2. The minimum absolute atomic E-state index is 0.0245. The molecular weight excluding hydrogens is 367 g/mol. The van der Waals surface area contributed by atoms with Crippen LogP contribution < -0.4 is 10.3 Å². The van der Waals surface area contributed by atoms with Crippen molar-refractivity contribution in [3.05, 3.63) is 69.5 Å². The Kier molecular flexibility index (Phi) is 6.28. The second-order valence-electron chi connectivity index (χ2n) is 6.20. The number of hydrogen-bond acceptors (Lipinski definition) is 6. The smallest absolute Gasteiger partial charge is 0.293 e. The zero-order chi connectivity index (χ0) is 19.9. The van der Waals surface area contributed by atoms with E-state index in [2.05, 4.69) is 10.5 Å². The van der Waals surface area contributed by atoms with Gasteiger partial charge in [-0.25, -0.2) is 9.82 Å². The monoisotopic (exact) mass is 386 g/mol. The molecule has 28 heavy (non-hydrogen) atoms. The molecule has 8 nitrogen and oxygen atoms in total. The summed E-state index contributed by atoms with van der Waals surface area (Å²) in [4.78, 5) is 24.8. The SMILES string of the molecule is O=C(Cc1ccc(F)cc1)N/N=C/c1ccc(N2CCOCC2)c([N+](=O)[O-])c1. The molecule has 0 unspecified atom stereocenters. The van der Waals surface area contributed by atoms with E-state index in [-0.39, 0.29) is 23.8 Å². The molecule has 0 saturated carbocycles. The third-order valence-electron chi connectivity index (χ3n) is 4.23. The third kappa shape index (κ3) is 5.10. The maximum atomic E-state index is 12.9. The average Bonchev–Trinajstić information content (AvgIpc) is 2.70. The Hall–Kier alpha value is -3.33. The number of nitrogens with zero attached hydrogens (tertiary/aromatic N) is 3. The molecular formula is C19H19FN4O4. The predicted octanol–water partition coefficient (Wildman–Crippen LogP) is 2.26. The number of carbonyl (C=O) groups excluding carboxylic acids is 1. The molecule has 1 N–H and O–H groups in total. The molecule has 1 saturated heterocycles. The standard InChI is InChI=1S/C19H19FN4O4/c20-16-4-1-14(2-5-16)12-19(25)22-21-13-15-3-6-17(18(11-15)24(26)27)23-7-9-28-10-8-23/h1-6,11,13H,7-10,12H2,(H,22,25)/b21-13+. The van der Waals surface area contributed by atoms with Crippen LogP contribution >= 0.6 is 0 Å². The highest BCUT2D eigenvalue weighted by molar-refractivity contribution is 5.85. The van der Waals surface area contributed by atoms with Gasteiger partial charge in [-0.1, -0.05) is 18.2 Å². The summed E-state index contributed by atoms with van der Waals surface area (Å²) in [6, 6.07) is 10.4. The van der Waals surface area contributed by atoms with Crippen LogP contribution in [0.5, 0.6) is 0 Å². The van der Waals surface area contributed by atoms with E-state index in [1.54, 1.807) is 12.1 Å². The van der Waals surface area contributed by atoms with Gasteiger partial charge in [-0.15, -0.1) is 0 Å². The molecule has 0 aliphatic carbocycles. The lowest BCUT2D eigenvalue weighted by Gasteiger charge is -2.28. The van der Waals surface area contributed by atoms with E-state index in [1.807, 2.05) is 4.90 Å². The van der Waals surface area contributed by atoms with Crippen molar-refractivity contribution in [1.29, 1.82) is 0 Å². The van der Waals surface area contributed by atoms with Crippen LogP contribution in [0.25, 0.3) is 0 Å². The summed E-state index contributed by atoms with van der Waals surface area (Å²) in [5.41, 5.74) is 4.01. The summed E-state index contributed by atoms with van der Waals surface area (Å²) in [6.45, 7) is 2.24. The van der Waals surface area contributed by atoms with Gasteiger partial charge in [0.2, 0.25) is 5.91 Å². The number of nitro groups is 1. The number of halogens is 1. The number of hydrazone groups is 1. The zero-order valence-corrected chi connectivity index (χ0v) is 15.0. The second-order valence-corrected chi connectivity index (χ2v) is 6.20. The van der Waals surface area contributed by atoms with Crippen LogP contribution in [0.15, 0.2) is 47.6 Å². The molecule has 0 radical (unpaired) electrons. The second kappa shape index (κ2) is 9.05. The van der Waals surface area contributed by atoms with Gasteiger partial charge in [-0.3, -0.25) is 14.9 Å². The summed E-state index contributed by atoms with van der Waals surface area (Å²) in [6.07, 6.45) is 1.40. The minimum atomic E-state index is -0.435. The highest BCUT2D eigenvalue weighted by Crippen LogP contribution is 2.29. The number of carbonyl (C=O) groups is 1. The van der Waals surface area contributed by atoms with Crippen molar-refractivity contribution in [2.45, 2.75) is 6.42 Å². The summed E-state index contributed by atoms with van der Waals surface area (Å²) >= 11 is 0. The fourth-order valence-corrected chi connectivity index (χ4v) is 2.84. The molecule has 1 heterocycles. The van der Waals surface area contributed by atoms with Crippen LogP contribution in [0.2, 0.25) is 0 Å². The average molecular weight is 386 g/mol. The molecule has 0 bridgehead atoms. The number of ether oxygens (including phenoxy) is 1. The Morgan fingerprint density at radius 2 is 1.96 bits per heavy atom. The number of anilines is 1. The van der Waals surface area contributed by atoms with Crippen LogP contribution in [-0.4, -0.2) is 43.3 Å². The maximum Gasteiger partial charge on any atom is 0.293 e. The molecule has 1 aliphatic heterocycles. The number of morpholine rings is 1. The topological polar surface area (TPSA) is 97.1 Å². The van der Waals surface area contributed by atoms with Crippen molar-refractivity contribution in [3.63, 3.8) is 0 Å². The lowest BCUT2D eigenvalue weighted by atomic mass is 10.1. The van der Waals surface area contributed by atoms with Gasteiger partial charge >= 0.3 is 0 Å². The van der Waals surface area contributed by atoms with Crippen LogP contribution in [0, 0.1) is 15.9 Å². The van der Waals surface area contributed by atoms with Crippen LogP contribution in [0.1, 0.15) is 11.1 Å². The van der Waals surface area contributed by atoms with Crippen molar-refractivity contribution in [3.8, 4) is 0 Å². The number of amides is 1. The number of benzene rings is 2. The van der Waals surface area contributed by atoms with Crippen LogP contribution in [-0.2, 0) is 16.0 Å². The molecule has 0 atom stereocenters. The molecule has 146 valence electrons. The van der Waals surface area contributed by atoms with Crippen LogP contribution in [0.4, 0.5) is 15.8 Å². The number of nitro benzene ring substituents is 1.